The van der Waals surface area contributed by atoms with Crippen LogP contribution in [0.15, 0.2) is 42.7 Å². The van der Waals surface area contributed by atoms with Crippen LogP contribution in [0.25, 0.3) is 22.4 Å². The zero-order valence-corrected chi connectivity index (χ0v) is 13.1. The zero-order chi connectivity index (χ0) is 15.7. The molecular weight excluding hydrogens is 300 g/mol. The first-order chi connectivity index (χ1) is 10.5. The summed E-state index contributed by atoms with van der Waals surface area (Å²) in [6.07, 6.45) is 4.61. The van der Waals surface area contributed by atoms with Gasteiger partial charge in [-0.05, 0) is 37.3 Å². The van der Waals surface area contributed by atoms with Crippen LogP contribution >= 0.6 is 0 Å². The third kappa shape index (κ3) is 2.80. The SMILES string of the molecule is CCn1c(-c2cccnc2)nc2cc(NS(C)(=O)=O)ccc21. The average molecular weight is 316 g/mol. The Morgan fingerprint density at radius 3 is 2.73 bits per heavy atom. The highest BCUT2D eigenvalue weighted by Gasteiger charge is 2.12. The molecule has 0 spiro atoms. The van der Waals surface area contributed by atoms with Gasteiger partial charge >= 0.3 is 0 Å². The summed E-state index contributed by atoms with van der Waals surface area (Å²) in [5.41, 5.74) is 3.14. The standard InChI is InChI=1S/C15H16N4O2S/c1-3-19-14-7-6-12(18-22(2,20)21)9-13(14)17-15(19)11-5-4-8-16-10-11/h4-10,18H,3H2,1-2H3. The highest BCUT2D eigenvalue weighted by atomic mass is 32.2. The van der Waals surface area contributed by atoms with Gasteiger partial charge in [0, 0.05) is 24.5 Å². The Morgan fingerprint density at radius 1 is 1.27 bits per heavy atom. The summed E-state index contributed by atoms with van der Waals surface area (Å²) in [7, 11) is -3.30. The van der Waals surface area contributed by atoms with Gasteiger partial charge in [0.2, 0.25) is 10.0 Å². The van der Waals surface area contributed by atoms with Gasteiger partial charge in [-0.15, -0.1) is 0 Å². The molecule has 2 heterocycles. The Hall–Kier alpha value is -2.41. The van der Waals surface area contributed by atoms with Crippen LogP contribution in [0, 0.1) is 0 Å². The number of benzene rings is 1. The van der Waals surface area contributed by atoms with Crippen molar-refractivity contribution < 1.29 is 8.42 Å². The van der Waals surface area contributed by atoms with Crippen LogP contribution in [0.4, 0.5) is 5.69 Å². The monoisotopic (exact) mass is 316 g/mol. The number of hydrogen-bond donors (Lipinski definition) is 1. The van der Waals surface area contributed by atoms with Gasteiger partial charge in [0.05, 0.1) is 23.0 Å². The molecule has 3 aromatic rings. The van der Waals surface area contributed by atoms with E-state index in [1.165, 1.54) is 0 Å². The number of nitrogens with one attached hydrogen (secondary N) is 1. The largest absolute Gasteiger partial charge is 0.324 e. The molecule has 3 rings (SSSR count). The highest BCUT2D eigenvalue weighted by Crippen LogP contribution is 2.26. The van der Waals surface area contributed by atoms with E-state index >= 15 is 0 Å². The molecule has 114 valence electrons. The zero-order valence-electron chi connectivity index (χ0n) is 12.3. The molecule has 6 nitrogen and oxygen atoms in total. The molecule has 0 radical (unpaired) electrons. The lowest BCUT2D eigenvalue weighted by atomic mass is 10.2. The van der Waals surface area contributed by atoms with Crippen molar-refractivity contribution in [1.82, 2.24) is 14.5 Å². The van der Waals surface area contributed by atoms with Crippen molar-refractivity contribution in [3.05, 3.63) is 42.7 Å². The topological polar surface area (TPSA) is 76.9 Å². The van der Waals surface area contributed by atoms with Gasteiger partial charge in [-0.3, -0.25) is 9.71 Å². The molecule has 22 heavy (non-hydrogen) atoms. The summed E-state index contributed by atoms with van der Waals surface area (Å²) in [5, 5.41) is 0. The summed E-state index contributed by atoms with van der Waals surface area (Å²) in [4.78, 5) is 8.76. The molecule has 0 unspecified atom stereocenters. The molecule has 0 saturated carbocycles. The number of hydrogen-bond acceptors (Lipinski definition) is 4. The van der Waals surface area contributed by atoms with E-state index in [-0.39, 0.29) is 0 Å². The maximum absolute atomic E-state index is 11.3. The third-order valence-electron chi connectivity index (χ3n) is 3.29. The van der Waals surface area contributed by atoms with Gasteiger partial charge < -0.3 is 4.57 Å². The van der Waals surface area contributed by atoms with Gasteiger partial charge in [-0.1, -0.05) is 0 Å². The molecule has 7 heteroatoms. The predicted octanol–water partition coefficient (Wildman–Crippen LogP) is 2.49. The quantitative estimate of drug-likeness (QED) is 0.802. The molecule has 0 bridgehead atoms. The van der Waals surface area contributed by atoms with E-state index in [1.807, 2.05) is 25.1 Å². The van der Waals surface area contributed by atoms with E-state index in [0.29, 0.717) is 5.69 Å². The second-order valence-electron chi connectivity index (χ2n) is 5.00. The number of imidazole rings is 1. The number of anilines is 1. The van der Waals surface area contributed by atoms with Crippen LogP contribution in [-0.4, -0.2) is 29.2 Å². The first kappa shape index (κ1) is 14.5. The van der Waals surface area contributed by atoms with Gasteiger partial charge in [0.15, 0.2) is 0 Å². The summed E-state index contributed by atoms with van der Waals surface area (Å²) < 4.78 is 27.2. The van der Waals surface area contributed by atoms with Crippen LogP contribution in [-0.2, 0) is 16.6 Å². The van der Waals surface area contributed by atoms with Crippen molar-refractivity contribution >= 4 is 26.7 Å². The van der Waals surface area contributed by atoms with E-state index < -0.39 is 10.0 Å². The molecule has 1 aromatic carbocycles. The van der Waals surface area contributed by atoms with Crippen molar-refractivity contribution in [2.45, 2.75) is 13.5 Å². The number of fused-ring (bicyclic) bond motifs is 1. The molecular formula is C15H16N4O2S. The Morgan fingerprint density at radius 2 is 2.09 bits per heavy atom. The summed E-state index contributed by atoms with van der Waals surface area (Å²) in [6.45, 7) is 2.81. The number of sulfonamides is 1. The molecule has 0 aliphatic carbocycles. The third-order valence-corrected chi connectivity index (χ3v) is 3.89. The van der Waals surface area contributed by atoms with Crippen LogP contribution < -0.4 is 4.72 Å². The first-order valence-electron chi connectivity index (χ1n) is 6.86. The number of nitrogens with zero attached hydrogens (tertiary/aromatic N) is 3. The van der Waals surface area contributed by atoms with Crippen molar-refractivity contribution in [3.8, 4) is 11.4 Å². The van der Waals surface area contributed by atoms with Crippen molar-refractivity contribution in [2.75, 3.05) is 11.0 Å². The Bertz CT molecular complexity index is 917. The minimum absolute atomic E-state index is 0.508. The first-order valence-corrected chi connectivity index (χ1v) is 8.75. The molecule has 0 aliphatic heterocycles. The molecule has 2 aromatic heterocycles. The van der Waals surface area contributed by atoms with Crippen LogP contribution in [0.3, 0.4) is 0 Å². The summed E-state index contributed by atoms with van der Waals surface area (Å²) >= 11 is 0. The summed E-state index contributed by atoms with van der Waals surface area (Å²) in [5.74, 6) is 0.821. The number of pyridine rings is 1. The molecule has 0 amide bonds. The lowest BCUT2D eigenvalue weighted by Gasteiger charge is -2.06. The van der Waals surface area contributed by atoms with Gasteiger partial charge in [0.25, 0.3) is 0 Å². The normalized spacial score (nSPS) is 11.7. The van der Waals surface area contributed by atoms with E-state index in [9.17, 15) is 8.42 Å². The Kier molecular flexibility index (Phi) is 3.58. The van der Waals surface area contributed by atoms with Gasteiger partial charge in [0.1, 0.15) is 5.82 Å². The lowest BCUT2D eigenvalue weighted by Crippen LogP contribution is -2.09. The molecule has 1 N–H and O–H groups in total. The molecule has 0 atom stereocenters. The maximum atomic E-state index is 11.3. The molecule has 0 aliphatic rings. The van der Waals surface area contributed by atoms with Crippen LogP contribution in [0.2, 0.25) is 0 Å². The van der Waals surface area contributed by atoms with E-state index in [0.717, 1.165) is 35.2 Å². The van der Waals surface area contributed by atoms with Crippen molar-refractivity contribution in [2.24, 2.45) is 0 Å². The number of aromatic nitrogens is 3. The fraction of sp³-hybridized carbons (Fsp3) is 0.200. The number of rotatable bonds is 4. The second kappa shape index (κ2) is 5.42. The van der Waals surface area contributed by atoms with Crippen molar-refractivity contribution in [3.63, 3.8) is 0 Å². The van der Waals surface area contributed by atoms with Crippen LogP contribution in [0.5, 0.6) is 0 Å². The van der Waals surface area contributed by atoms with E-state index in [4.69, 9.17) is 0 Å². The minimum atomic E-state index is -3.30. The Labute approximate surface area is 128 Å². The van der Waals surface area contributed by atoms with Crippen molar-refractivity contribution in [1.29, 1.82) is 0 Å². The second-order valence-corrected chi connectivity index (χ2v) is 6.75. The summed E-state index contributed by atoms with van der Waals surface area (Å²) in [6, 6.07) is 9.17. The fourth-order valence-electron chi connectivity index (χ4n) is 2.44. The lowest BCUT2D eigenvalue weighted by molar-refractivity contribution is 0.607. The smallest absolute Gasteiger partial charge is 0.229 e. The number of aryl methyl sites for hydroxylation is 1. The van der Waals surface area contributed by atoms with E-state index in [2.05, 4.69) is 19.3 Å². The predicted molar refractivity (Wildman–Crippen MR) is 87.1 cm³/mol. The van der Waals surface area contributed by atoms with Gasteiger partial charge in [-0.2, -0.15) is 0 Å². The maximum Gasteiger partial charge on any atom is 0.229 e. The van der Waals surface area contributed by atoms with E-state index in [1.54, 1.807) is 24.5 Å². The Balaban J connectivity index is 2.15. The molecule has 0 saturated heterocycles. The fourth-order valence-corrected chi connectivity index (χ4v) is 3.00. The van der Waals surface area contributed by atoms with Crippen LogP contribution in [0.1, 0.15) is 6.92 Å². The minimum Gasteiger partial charge on any atom is -0.324 e. The molecule has 0 fully saturated rings. The average Bonchev–Trinajstić information content (AvgIpc) is 2.84. The van der Waals surface area contributed by atoms with Gasteiger partial charge in [-0.25, -0.2) is 13.4 Å². The highest BCUT2D eigenvalue weighted by molar-refractivity contribution is 7.92.